The molecule has 1 saturated heterocycles. The van der Waals surface area contributed by atoms with Crippen LogP contribution in [0.5, 0.6) is 0 Å². The van der Waals surface area contributed by atoms with Gasteiger partial charge in [0.1, 0.15) is 0 Å². The summed E-state index contributed by atoms with van der Waals surface area (Å²) in [6.45, 7) is 2.76. The third-order valence-corrected chi connectivity index (χ3v) is 5.04. The molecule has 2 aromatic carbocycles. The Bertz CT molecular complexity index is 927. The van der Waals surface area contributed by atoms with E-state index < -0.39 is 0 Å². The van der Waals surface area contributed by atoms with Crippen molar-refractivity contribution in [2.24, 2.45) is 0 Å². The third-order valence-electron chi connectivity index (χ3n) is 5.04. The maximum atomic E-state index is 11.6. The predicted molar refractivity (Wildman–Crippen MR) is 106 cm³/mol. The first kappa shape index (κ1) is 17.5. The van der Waals surface area contributed by atoms with Crippen molar-refractivity contribution in [3.63, 3.8) is 0 Å². The number of anilines is 1. The highest BCUT2D eigenvalue weighted by Gasteiger charge is 2.17. The molecule has 0 spiro atoms. The molecule has 2 heterocycles. The second-order valence-electron chi connectivity index (χ2n) is 6.87. The number of aromatic nitrogens is 2. The topological polar surface area (TPSA) is 68.2 Å². The molecule has 6 nitrogen and oxygen atoms in total. The SMILES string of the molecule is COC(=O)c1ccc(Cn2c(NC3CCNCC3)nc3ccccc32)cc1. The standard InChI is InChI=1S/C21H24N4O2/c1-27-20(26)16-8-6-15(7-9-16)14-25-19-5-3-2-4-18(19)24-21(25)23-17-10-12-22-13-11-17/h2-9,17,22H,10-14H2,1H3,(H,23,24). The zero-order valence-electron chi connectivity index (χ0n) is 15.4. The molecule has 1 aromatic heterocycles. The molecule has 0 atom stereocenters. The maximum Gasteiger partial charge on any atom is 0.337 e. The summed E-state index contributed by atoms with van der Waals surface area (Å²) in [6.07, 6.45) is 2.19. The lowest BCUT2D eigenvalue weighted by atomic mass is 10.1. The monoisotopic (exact) mass is 364 g/mol. The second kappa shape index (κ2) is 7.80. The fourth-order valence-corrected chi connectivity index (χ4v) is 3.54. The van der Waals surface area contributed by atoms with Crippen LogP contribution in [0.15, 0.2) is 48.5 Å². The van der Waals surface area contributed by atoms with Crippen LogP contribution in [0.4, 0.5) is 5.95 Å². The minimum atomic E-state index is -0.317. The number of imidazole rings is 1. The molecular weight excluding hydrogens is 340 g/mol. The molecule has 4 rings (SSSR count). The summed E-state index contributed by atoms with van der Waals surface area (Å²) >= 11 is 0. The highest BCUT2D eigenvalue weighted by Crippen LogP contribution is 2.23. The summed E-state index contributed by atoms with van der Waals surface area (Å²) in [5.74, 6) is 0.586. The Morgan fingerprint density at radius 1 is 1.19 bits per heavy atom. The number of nitrogens with one attached hydrogen (secondary N) is 2. The van der Waals surface area contributed by atoms with Crippen molar-refractivity contribution in [1.82, 2.24) is 14.9 Å². The number of hydrogen-bond donors (Lipinski definition) is 2. The Morgan fingerprint density at radius 2 is 1.93 bits per heavy atom. The lowest BCUT2D eigenvalue weighted by Gasteiger charge is -2.24. The zero-order valence-corrected chi connectivity index (χ0v) is 15.4. The van der Waals surface area contributed by atoms with Crippen molar-refractivity contribution in [3.8, 4) is 0 Å². The van der Waals surface area contributed by atoms with Crippen molar-refractivity contribution in [1.29, 1.82) is 0 Å². The molecular formula is C21H24N4O2. The largest absolute Gasteiger partial charge is 0.465 e. The second-order valence-corrected chi connectivity index (χ2v) is 6.87. The van der Waals surface area contributed by atoms with Gasteiger partial charge in [-0.1, -0.05) is 24.3 Å². The molecule has 1 aliphatic heterocycles. The minimum Gasteiger partial charge on any atom is -0.465 e. The molecule has 0 bridgehead atoms. The van der Waals surface area contributed by atoms with Gasteiger partial charge in [-0.25, -0.2) is 9.78 Å². The van der Waals surface area contributed by atoms with Gasteiger partial charge in [0.05, 0.1) is 30.3 Å². The molecule has 27 heavy (non-hydrogen) atoms. The van der Waals surface area contributed by atoms with Gasteiger partial charge in [0.15, 0.2) is 0 Å². The van der Waals surface area contributed by atoms with Crippen LogP contribution in [0.1, 0.15) is 28.8 Å². The number of para-hydroxylation sites is 2. The number of piperidine rings is 1. The molecule has 0 amide bonds. The highest BCUT2D eigenvalue weighted by molar-refractivity contribution is 5.89. The normalized spacial score (nSPS) is 15.0. The number of nitrogens with zero attached hydrogens (tertiary/aromatic N) is 2. The average molecular weight is 364 g/mol. The van der Waals surface area contributed by atoms with Gasteiger partial charge in [0.25, 0.3) is 0 Å². The first-order chi connectivity index (χ1) is 13.2. The maximum absolute atomic E-state index is 11.6. The van der Waals surface area contributed by atoms with Gasteiger partial charge in [-0.3, -0.25) is 0 Å². The van der Waals surface area contributed by atoms with Gasteiger partial charge in [-0.2, -0.15) is 0 Å². The smallest absolute Gasteiger partial charge is 0.337 e. The van der Waals surface area contributed by atoms with Gasteiger partial charge in [0, 0.05) is 6.04 Å². The van der Waals surface area contributed by atoms with Crippen molar-refractivity contribution in [2.75, 3.05) is 25.5 Å². The van der Waals surface area contributed by atoms with Gasteiger partial charge < -0.3 is 19.9 Å². The van der Waals surface area contributed by atoms with Crippen LogP contribution >= 0.6 is 0 Å². The van der Waals surface area contributed by atoms with Crippen LogP contribution in [0, 0.1) is 0 Å². The Hall–Kier alpha value is -2.86. The van der Waals surface area contributed by atoms with E-state index in [0.717, 1.165) is 48.5 Å². The van der Waals surface area contributed by atoms with E-state index in [1.807, 2.05) is 30.3 Å². The number of rotatable bonds is 5. The van der Waals surface area contributed by atoms with Crippen molar-refractivity contribution >= 4 is 23.0 Å². The summed E-state index contributed by atoms with van der Waals surface area (Å²) in [6, 6.07) is 16.2. The van der Waals surface area contributed by atoms with Crippen LogP contribution in [-0.2, 0) is 11.3 Å². The van der Waals surface area contributed by atoms with Gasteiger partial charge >= 0.3 is 5.97 Å². The van der Waals surface area contributed by atoms with Crippen LogP contribution in [-0.4, -0.2) is 41.8 Å². The lowest BCUT2D eigenvalue weighted by molar-refractivity contribution is 0.0600. The first-order valence-corrected chi connectivity index (χ1v) is 9.34. The number of methoxy groups -OCH3 is 1. The van der Waals surface area contributed by atoms with Gasteiger partial charge in [-0.15, -0.1) is 0 Å². The number of carbonyl (C=O) groups is 1. The number of esters is 1. The molecule has 2 N–H and O–H groups in total. The molecule has 0 unspecified atom stereocenters. The number of hydrogen-bond acceptors (Lipinski definition) is 5. The van der Waals surface area contributed by atoms with E-state index in [4.69, 9.17) is 9.72 Å². The molecule has 0 aliphatic carbocycles. The van der Waals surface area contributed by atoms with Gasteiger partial charge in [0.2, 0.25) is 5.95 Å². The summed E-state index contributed by atoms with van der Waals surface area (Å²) in [7, 11) is 1.40. The van der Waals surface area contributed by atoms with E-state index in [1.54, 1.807) is 12.1 Å². The molecule has 1 aliphatic rings. The Kier molecular flexibility index (Phi) is 5.07. The summed E-state index contributed by atoms with van der Waals surface area (Å²) in [5, 5.41) is 7.03. The summed E-state index contributed by atoms with van der Waals surface area (Å²) < 4.78 is 6.99. The summed E-state index contributed by atoms with van der Waals surface area (Å²) in [4.78, 5) is 16.5. The zero-order chi connectivity index (χ0) is 18.6. The van der Waals surface area contributed by atoms with Crippen molar-refractivity contribution in [3.05, 3.63) is 59.7 Å². The number of fused-ring (bicyclic) bond motifs is 1. The molecule has 6 heteroatoms. The molecule has 0 saturated carbocycles. The predicted octanol–water partition coefficient (Wildman–Crippen LogP) is 3.04. The number of carbonyl (C=O) groups excluding carboxylic acids is 1. The van der Waals surface area contributed by atoms with E-state index in [9.17, 15) is 4.79 Å². The lowest BCUT2D eigenvalue weighted by Crippen LogP contribution is -2.36. The quantitative estimate of drug-likeness (QED) is 0.681. The van der Waals surface area contributed by atoms with E-state index in [2.05, 4.69) is 21.3 Å². The van der Waals surface area contributed by atoms with Crippen molar-refractivity contribution in [2.45, 2.75) is 25.4 Å². The van der Waals surface area contributed by atoms with Crippen LogP contribution in [0.3, 0.4) is 0 Å². The third kappa shape index (κ3) is 3.80. The number of ether oxygens (including phenoxy) is 1. The van der Waals surface area contributed by atoms with E-state index >= 15 is 0 Å². The van der Waals surface area contributed by atoms with Gasteiger partial charge in [-0.05, 0) is 55.8 Å². The van der Waals surface area contributed by atoms with Crippen LogP contribution in [0.2, 0.25) is 0 Å². The van der Waals surface area contributed by atoms with E-state index in [-0.39, 0.29) is 5.97 Å². The Morgan fingerprint density at radius 3 is 2.67 bits per heavy atom. The molecule has 140 valence electrons. The van der Waals surface area contributed by atoms with Crippen LogP contribution < -0.4 is 10.6 Å². The first-order valence-electron chi connectivity index (χ1n) is 9.34. The Balaban J connectivity index is 1.63. The van der Waals surface area contributed by atoms with Crippen molar-refractivity contribution < 1.29 is 9.53 Å². The molecule has 0 radical (unpaired) electrons. The molecule has 3 aromatic rings. The fourth-order valence-electron chi connectivity index (χ4n) is 3.54. The Labute approximate surface area is 158 Å². The molecule has 1 fully saturated rings. The summed E-state index contributed by atoms with van der Waals surface area (Å²) in [5.41, 5.74) is 3.76. The fraction of sp³-hybridized carbons (Fsp3) is 0.333. The van der Waals surface area contributed by atoms with E-state index in [1.165, 1.54) is 7.11 Å². The average Bonchev–Trinajstić information content (AvgIpc) is 3.06. The highest BCUT2D eigenvalue weighted by atomic mass is 16.5. The minimum absolute atomic E-state index is 0.317. The number of benzene rings is 2. The van der Waals surface area contributed by atoms with Crippen LogP contribution in [0.25, 0.3) is 11.0 Å². The van der Waals surface area contributed by atoms with E-state index in [0.29, 0.717) is 18.2 Å².